The fraction of sp³-hybridized carbons (Fsp3) is 0.182. The summed E-state index contributed by atoms with van der Waals surface area (Å²) in [5, 5.41) is 18.9. The molecular weight excluding hydrogens is 568 g/mol. The maximum Gasteiger partial charge on any atom is 0.337 e. The molecule has 1 aromatic heterocycles. The van der Waals surface area contributed by atoms with E-state index in [9.17, 15) is 14.7 Å². The minimum absolute atomic E-state index is 0.107. The molecule has 0 radical (unpaired) electrons. The van der Waals surface area contributed by atoms with E-state index in [0.717, 1.165) is 30.1 Å². The van der Waals surface area contributed by atoms with Crippen LogP contribution in [0, 0.1) is 0 Å². The number of nitrogens with zero attached hydrogens (tertiary/aromatic N) is 3. The van der Waals surface area contributed by atoms with Crippen molar-refractivity contribution in [2.75, 3.05) is 43.5 Å². The van der Waals surface area contributed by atoms with Crippen molar-refractivity contribution >= 4 is 51.3 Å². The first-order valence-electron chi connectivity index (χ1n) is 13.9. The van der Waals surface area contributed by atoms with Crippen molar-refractivity contribution in [3.63, 3.8) is 0 Å². The number of nitrogens with one attached hydrogen (secondary N) is 1. The van der Waals surface area contributed by atoms with E-state index in [-0.39, 0.29) is 11.3 Å². The lowest BCUT2D eigenvalue weighted by Crippen LogP contribution is -2.46. The second-order valence-corrected chi connectivity index (χ2v) is 11.1. The van der Waals surface area contributed by atoms with Gasteiger partial charge in [0.05, 0.1) is 40.7 Å². The summed E-state index contributed by atoms with van der Waals surface area (Å²) in [6, 6.07) is 21.5. The smallest absolute Gasteiger partial charge is 0.337 e. The zero-order valence-corrected chi connectivity index (χ0v) is 24.0. The Morgan fingerprint density at radius 2 is 1.74 bits per heavy atom. The largest absolute Gasteiger partial charge is 0.496 e. The van der Waals surface area contributed by atoms with Crippen LogP contribution in [0.5, 0.6) is 5.75 Å². The van der Waals surface area contributed by atoms with Gasteiger partial charge >= 0.3 is 5.97 Å². The van der Waals surface area contributed by atoms with Gasteiger partial charge in [0.15, 0.2) is 11.5 Å². The molecule has 0 bridgehead atoms. The van der Waals surface area contributed by atoms with E-state index >= 15 is 0 Å². The quantitative estimate of drug-likeness (QED) is 0.215. The number of ether oxygens (including phenoxy) is 1. The highest BCUT2D eigenvalue weighted by Crippen LogP contribution is 2.46. The van der Waals surface area contributed by atoms with E-state index in [1.165, 1.54) is 6.07 Å². The molecule has 0 unspecified atom stereocenters. The molecule has 1 saturated heterocycles. The average molecular weight is 595 g/mol. The van der Waals surface area contributed by atoms with E-state index in [1.54, 1.807) is 31.4 Å². The van der Waals surface area contributed by atoms with Gasteiger partial charge in [-0.3, -0.25) is 9.69 Å². The lowest BCUT2D eigenvalue weighted by atomic mass is 9.86. The number of aromatic carboxylic acids is 1. The van der Waals surface area contributed by atoms with E-state index in [4.69, 9.17) is 20.9 Å². The molecule has 0 amide bonds. The number of halogens is 1. The van der Waals surface area contributed by atoms with Gasteiger partial charge in [-0.2, -0.15) is 0 Å². The summed E-state index contributed by atoms with van der Waals surface area (Å²) in [6.07, 6.45) is 0. The van der Waals surface area contributed by atoms with Crippen LogP contribution in [-0.4, -0.2) is 60.2 Å². The lowest BCUT2D eigenvalue weighted by Gasteiger charge is -2.36. The number of carbonyl (C=O) groups excluding carboxylic acids is 1. The van der Waals surface area contributed by atoms with Crippen LogP contribution in [0.4, 0.5) is 17.1 Å². The number of piperazine rings is 1. The fourth-order valence-corrected chi connectivity index (χ4v) is 6.26. The van der Waals surface area contributed by atoms with Crippen molar-refractivity contribution in [3.8, 4) is 17.1 Å². The summed E-state index contributed by atoms with van der Waals surface area (Å²) in [7, 11) is 1.66. The van der Waals surface area contributed by atoms with Crippen LogP contribution in [0.25, 0.3) is 22.2 Å². The van der Waals surface area contributed by atoms with Gasteiger partial charge in [-0.15, -0.1) is 0 Å². The van der Waals surface area contributed by atoms with Crippen LogP contribution in [0.1, 0.15) is 31.8 Å². The summed E-state index contributed by atoms with van der Waals surface area (Å²) in [6.45, 7) is 3.65. The molecule has 1 aliphatic heterocycles. The van der Waals surface area contributed by atoms with Crippen LogP contribution in [-0.2, 0) is 6.54 Å². The molecule has 7 rings (SSSR count). The van der Waals surface area contributed by atoms with Crippen molar-refractivity contribution in [2.45, 2.75) is 6.54 Å². The van der Waals surface area contributed by atoms with Crippen LogP contribution >= 0.6 is 11.6 Å². The molecule has 0 atom stereocenters. The first-order chi connectivity index (χ1) is 20.9. The second kappa shape index (κ2) is 10.8. The van der Waals surface area contributed by atoms with Crippen molar-refractivity contribution < 1.29 is 24.0 Å². The summed E-state index contributed by atoms with van der Waals surface area (Å²) in [5.41, 5.74) is 5.08. The number of rotatable bonds is 7. The predicted molar refractivity (Wildman–Crippen MR) is 165 cm³/mol. The summed E-state index contributed by atoms with van der Waals surface area (Å²) < 4.78 is 11.5. The molecule has 0 saturated carbocycles. The van der Waals surface area contributed by atoms with Gasteiger partial charge in [-0.25, -0.2) is 4.79 Å². The SMILES string of the molecule is COc1ccc(Cl)cc1CN1CCN(c2cc(Nc3ccccc3C(=O)O)c3c4c(onc24)-c2ccccc2C3=O)CC1. The summed E-state index contributed by atoms with van der Waals surface area (Å²) in [4.78, 5) is 30.5. The number of aromatic nitrogens is 1. The van der Waals surface area contributed by atoms with Crippen LogP contribution in [0.3, 0.4) is 0 Å². The molecule has 2 aliphatic rings. The molecule has 1 aliphatic carbocycles. The van der Waals surface area contributed by atoms with Crippen LogP contribution in [0.2, 0.25) is 5.02 Å². The zero-order chi connectivity index (χ0) is 29.7. The van der Waals surface area contributed by atoms with Gasteiger partial charge in [-0.05, 0) is 36.4 Å². The number of carboxylic acid groups (broad SMARTS) is 1. The number of anilines is 3. The molecule has 2 N–H and O–H groups in total. The van der Waals surface area contributed by atoms with Gasteiger partial charge in [0.1, 0.15) is 11.3 Å². The highest BCUT2D eigenvalue weighted by molar-refractivity contribution is 6.30. The first-order valence-corrected chi connectivity index (χ1v) is 14.3. The number of para-hydroxylation sites is 1. The maximum absolute atomic E-state index is 13.9. The number of carbonyl (C=O) groups is 2. The average Bonchev–Trinajstić information content (AvgIpc) is 3.46. The number of carboxylic acids is 1. The summed E-state index contributed by atoms with van der Waals surface area (Å²) in [5.74, 6) is 0.102. The van der Waals surface area contributed by atoms with E-state index in [1.807, 2.05) is 42.5 Å². The fourth-order valence-electron chi connectivity index (χ4n) is 6.06. The Kier molecular flexibility index (Phi) is 6.76. The monoisotopic (exact) mass is 594 g/mol. The Hall–Kier alpha value is -4.86. The molecule has 5 aromatic rings. The molecule has 4 aromatic carbocycles. The number of hydrogen-bond acceptors (Lipinski definition) is 8. The highest BCUT2D eigenvalue weighted by Gasteiger charge is 2.34. The Labute approximate surface area is 252 Å². The second-order valence-electron chi connectivity index (χ2n) is 10.6. The van der Waals surface area contributed by atoms with Gasteiger partial charge in [0.2, 0.25) is 0 Å². The molecule has 216 valence electrons. The number of methoxy groups -OCH3 is 1. The Morgan fingerprint density at radius 3 is 2.51 bits per heavy atom. The van der Waals surface area contributed by atoms with Crippen molar-refractivity contribution in [2.24, 2.45) is 0 Å². The molecule has 9 nitrogen and oxygen atoms in total. The van der Waals surface area contributed by atoms with E-state index in [0.29, 0.717) is 69.4 Å². The van der Waals surface area contributed by atoms with Crippen molar-refractivity contribution in [1.29, 1.82) is 0 Å². The maximum atomic E-state index is 13.9. The minimum Gasteiger partial charge on any atom is -0.496 e. The third-order valence-corrected chi connectivity index (χ3v) is 8.39. The van der Waals surface area contributed by atoms with Gasteiger partial charge in [0, 0.05) is 54.4 Å². The van der Waals surface area contributed by atoms with Gasteiger partial charge < -0.3 is 24.6 Å². The third kappa shape index (κ3) is 4.67. The molecule has 43 heavy (non-hydrogen) atoms. The van der Waals surface area contributed by atoms with E-state index in [2.05, 4.69) is 20.3 Å². The molecular formula is C33H27ClN4O5. The standard InChI is InChI=1S/C33H27ClN4O5/c1-42-27-11-10-20(34)16-19(27)18-37-12-14-38(15-13-37)26-17-25(35-24-9-5-4-8-23(24)33(40)41)28-29-30(26)36-43-32(29)22-7-3-2-6-21(22)31(28)39/h2-11,16-17,35H,12-15,18H2,1H3,(H,40,41). The number of benzene rings is 4. The predicted octanol–water partition coefficient (Wildman–Crippen LogP) is 6.47. The van der Waals surface area contributed by atoms with Gasteiger partial charge in [-0.1, -0.05) is 53.2 Å². The van der Waals surface area contributed by atoms with E-state index < -0.39 is 5.97 Å². The normalized spacial score (nSPS) is 14.6. The van der Waals surface area contributed by atoms with Crippen LogP contribution < -0.4 is 15.0 Å². The topological polar surface area (TPSA) is 108 Å². The van der Waals surface area contributed by atoms with Crippen molar-refractivity contribution in [3.05, 3.63) is 100 Å². The molecule has 0 spiro atoms. The first kappa shape index (κ1) is 27.0. The number of fused-ring (bicyclic) bond motifs is 2. The lowest BCUT2D eigenvalue weighted by molar-refractivity contribution is 0.0697. The zero-order valence-electron chi connectivity index (χ0n) is 23.3. The number of hydrogen-bond donors (Lipinski definition) is 2. The number of ketones is 1. The summed E-state index contributed by atoms with van der Waals surface area (Å²) >= 11 is 6.26. The molecule has 2 heterocycles. The molecule has 10 heteroatoms. The highest BCUT2D eigenvalue weighted by atomic mass is 35.5. The third-order valence-electron chi connectivity index (χ3n) is 8.15. The Morgan fingerprint density at radius 1 is 1.00 bits per heavy atom. The minimum atomic E-state index is -1.06. The van der Waals surface area contributed by atoms with Gasteiger partial charge in [0.25, 0.3) is 0 Å². The van der Waals surface area contributed by atoms with Crippen LogP contribution in [0.15, 0.2) is 77.3 Å². The Balaban J connectivity index is 1.28. The molecule has 1 fully saturated rings. The Bertz CT molecular complexity index is 1910. The van der Waals surface area contributed by atoms with Crippen molar-refractivity contribution in [1.82, 2.24) is 10.1 Å².